The molecule has 8 heteroatoms. The molecule has 0 aromatic carbocycles. The van der Waals surface area contributed by atoms with Crippen LogP contribution in [0.1, 0.15) is 13.3 Å². The Balaban J connectivity index is 2.67. The zero-order valence-corrected chi connectivity index (χ0v) is 11.4. The normalized spacial score (nSPS) is 10.3. The number of hydrogen-bond donors (Lipinski definition) is 3. The molecule has 106 valence electrons. The van der Waals surface area contributed by atoms with Crippen LogP contribution in [0.15, 0.2) is 11.0 Å². The van der Waals surface area contributed by atoms with Gasteiger partial charge in [-0.1, -0.05) is 18.5 Å². The Kier molecular flexibility index (Phi) is 6.31. The van der Waals surface area contributed by atoms with E-state index < -0.39 is 5.56 Å². The number of nitrogens with one attached hydrogen (secondary N) is 2. The van der Waals surface area contributed by atoms with Crippen LogP contribution >= 0.6 is 11.6 Å². The number of aliphatic hydroxyl groups excluding tert-OH is 1. The Morgan fingerprint density at radius 1 is 1.58 bits per heavy atom. The number of halogens is 1. The molecule has 0 atom stereocenters. The van der Waals surface area contributed by atoms with Crippen LogP contribution in [0, 0.1) is 0 Å². The van der Waals surface area contributed by atoms with Crippen LogP contribution in [-0.4, -0.2) is 40.5 Å². The van der Waals surface area contributed by atoms with E-state index in [4.69, 9.17) is 16.7 Å². The average Bonchev–Trinajstić information content (AvgIpc) is 2.41. The van der Waals surface area contributed by atoms with Crippen LogP contribution in [0.4, 0.5) is 5.69 Å². The van der Waals surface area contributed by atoms with Crippen molar-refractivity contribution in [1.29, 1.82) is 0 Å². The first-order valence-electron chi connectivity index (χ1n) is 5.97. The van der Waals surface area contributed by atoms with Crippen molar-refractivity contribution in [2.45, 2.75) is 19.9 Å². The molecule has 0 fully saturated rings. The summed E-state index contributed by atoms with van der Waals surface area (Å²) in [6, 6.07) is 0. The third kappa shape index (κ3) is 4.53. The Hall–Kier alpha value is -1.60. The molecular weight excluding hydrogens is 272 g/mol. The number of aliphatic hydroxyl groups is 1. The van der Waals surface area contributed by atoms with Gasteiger partial charge in [0.05, 0.1) is 31.6 Å². The van der Waals surface area contributed by atoms with Crippen molar-refractivity contribution in [2.24, 2.45) is 0 Å². The number of anilines is 1. The van der Waals surface area contributed by atoms with Gasteiger partial charge in [-0.05, 0) is 6.42 Å². The molecule has 1 rings (SSSR count). The summed E-state index contributed by atoms with van der Waals surface area (Å²) >= 11 is 5.87. The molecule has 0 spiro atoms. The van der Waals surface area contributed by atoms with Gasteiger partial charge < -0.3 is 15.7 Å². The van der Waals surface area contributed by atoms with Crippen LogP contribution in [0.3, 0.4) is 0 Å². The van der Waals surface area contributed by atoms with Gasteiger partial charge in [0.25, 0.3) is 5.56 Å². The number of hydrogen-bond acceptors (Lipinski definition) is 5. The van der Waals surface area contributed by atoms with Gasteiger partial charge in [0.1, 0.15) is 5.02 Å². The Morgan fingerprint density at radius 3 is 2.95 bits per heavy atom. The lowest BCUT2D eigenvalue weighted by atomic mass is 10.4. The molecule has 3 N–H and O–H groups in total. The van der Waals surface area contributed by atoms with Gasteiger partial charge in [-0.2, -0.15) is 5.10 Å². The van der Waals surface area contributed by atoms with Crippen LogP contribution in [0.5, 0.6) is 0 Å². The van der Waals surface area contributed by atoms with E-state index in [0.29, 0.717) is 12.2 Å². The van der Waals surface area contributed by atoms with Crippen molar-refractivity contribution in [2.75, 3.05) is 25.0 Å². The topological polar surface area (TPSA) is 96.2 Å². The van der Waals surface area contributed by atoms with Crippen LogP contribution in [0.2, 0.25) is 5.02 Å². The van der Waals surface area contributed by atoms with Crippen LogP contribution < -0.4 is 16.2 Å². The summed E-state index contributed by atoms with van der Waals surface area (Å²) in [6.07, 6.45) is 2.21. The molecular formula is C11H17ClN4O3. The predicted molar refractivity (Wildman–Crippen MR) is 72.4 cm³/mol. The van der Waals surface area contributed by atoms with E-state index >= 15 is 0 Å². The third-order valence-corrected chi connectivity index (χ3v) is 2.67. The number of nitrogens with zero attached hydrogens (tertiary/aromatic N) is 2. The molecule has 0 bridgehead atoms. The lowest BCUT2D eigenvalue weighted by Gasteiger charge is -2.09. The summed E-state index contributed by atoms with van der Waals surface area (Å²) in [5.41, 5.74) is -0.206. The highest BCUT2D eigenvalue weighted by molar-refractivity contribution is 6.33. The molecule has 0 saturated heterocycles. The summed E-state index contributed by atoms with van der Waals surface area (Å²) in [4.78, 5) is 23.1. The molecule has 1 aromatic heterocycles. The van der Waals surface area contributed by atoms with E-state index in [-0.39, 0.29) is 30.6 Å². The number of amides is 1. The number of carbonyl (C=O) groups excluding carboxylic acids is 1. The minimum absolute atomic E-state index is 0.0187. The largest absolute Gasteiger partial charge is 0.394 e. The van der Waals surface area contributed by atoms with Gasteiger partial charge in [0, 0.05) is 6.54 Å². The second-order valence-electron chi connectivity index (χ2n) is 3.83. The number of rotatable bonds is 7. The van der Waals surface area contributed by atoms with Gasteiger partial charge in [-0.25, -0.2) is 4.68 Å². The second kappa shape index (κ2) is 7.75. The fourth-order valence-corrected chi connectivity index (χ4v) is 1.56. The minimum Gasteiger partial charge on any atom is -0.394 e. The monoisotopic (exact) mass is 288 g/mol. The van der Waals surface area contributed by atoms with E-state index in [2.05, 4.69) is 15.7 Å². The molecule has 0 aliphatic carbocycles. The zero-order valence-electron chi connectivity index (χ0n) is 10.6. The van der Waals surface area contributed by atoms with Crippen molar-refractivity contribution in [1.82, 2.24) is 15.1 Å². The van der Waals surface area contributed by atoms with E-state index in [9.17, 15) is 9.59 Å². The number of aromatic nitrogens is 2. The maximum atomic E-state index is 11.7. The van der Waals surface area contributed by atoms with Gasteiger partial charge in [0.15, 0.2) is 0 Å². The van der Waals surface area contributed by atoms with Crippen LogP contribution in [0.25, 0.3) is 0 Å². The molecule has 0 aliphatic rings. The van der Waals surface area contributed by atoms with Crippen LogP contribution in [-0.2, 0) is 11.3 Å². The summed E-state index contributed by atoms with van der Waals surface area (Å²) < 4.78 is 1.06. The van der Waals surface area contributed by atoms with Crippen molar-refractivity contribution in [3.05, 3.63) is 21.6 Å². The standard InChI is InChI=1S/C11H17ClN4O3/c1-2-3-13-9(18)7-14-8-6-15-16(4-5-17)11(19)10(8)12/h6,14,17H,2-5,7H2,1H3,(H,13,18). The lowest BCUT2D eigenvalue weighted by molar-refractivity contribution is -0.119. The third-order valence-electron chi connectivity index (χ3n) is 2.31. The van der Waals surface area contributed by atoms with Crippen molar-refractivity contribution in [3.63, 3.8) is 0 Å². The smallest absolute Gasteiger partial charge is 0.287 e. The Bertz CT molecular complexity index is 489. The van der Waals surface area contributed by atoms with Crippen molar-refractivity contribution >= 4 is 23.2 Å². The first-order chi connectivity index (χ1) is 9.10. The lowest BCUT2D eigenvalue weighted by Crippen LogP contribution is -2.31. The molecule has 0 radical (unpaired) electrons. The molecule has 1 aromatic rings. The molecule has 1 amide bonds. The minimum atomic E-state index is -0.505. The predicted octanol–water partition coefficient (Wildman–Crippen LogP) is -0.173. The highest BCUT2D eigenvalue weighted by atomic mass is 35.5. The fourth-order valence-electron chi connectivity index (χ4n) is 1.34. The van der Waals surface area contributed by atoms with Crippen molar-refractivity contribution in [3.8, 4) is 0 Å². The van der Waals surface area contributed by atoms with Gasteiger partial charge in [0.2, 0.25) is 5.91 Å². The maximum absolute atomic E-state index is 11.7. The second-order valence-corrected chi connectivity index (χ2v) is 4.21. The fraction of sp³-hybridized carbons (Fsp3) is 0.545. The quantitative estimate of drug-likeness (QED) is 0.647. The van der Waals surface area contributed by atoms with Gasteiger partial charge in [-0.15, -0.1) is 0 Å². The molecule has 0 saturated carbocycles. The van der Waals surface area contributed by atoms with E-state index in [1.165, 1.54) is 6.20 Å². The van der Waals surface area contributed by atoms with Gasteiger partial charge >= 0.3 is 0 Å². The molecule has 0 aliphatic heterocycles. The van der Waals surface area contributed by atoms with E-state index in [1.54, 1.807) is 0 Å². The first kappa shape index (κ1) is 15.5. The summed E-state index contributed by atoms with van der Waals surface area (Å²) in [6.45, 7) is 2.45. The van der Waals surface area contributed by atoms with Gasteiger partial charge in [-0.3, -0.25) is 9.59 Å². The highest BCUT2D eigenvalue weighted by Crippen LogP contribution is 2.14. The Morgan fingerprint density at radius 2 is 2.32 bits per heavy atom. The summed E-state index contributed by atoms with van der Waals surface area (Å²) in [5.74, 6) is -0.183. The average molecular weight is 289 g/mol. The Labute approximate surface area is 115 Å². The first-order valence-corrected chi connectivity index (χ1v) is 6.35. The molecule has 7 nitrogen and oxygen atoms in total. The van der Waals surface area contributed by atoms with Crippen molar-refractivity contribution < 1.29 is 9.90 Å². The van der Waals surface area contributed by atoms with E-state index in [0.717, 1.165) is 11.1 Å². The maximum Gasteiger partial charge on any atom is 0.287 e. The van der Waals surface area contributed by atoms with E-state index in [1.807, 2.05) is 6.92 Å². The number of carbonyl (C=O) groups is 1. The highest BCUT2D eigenvalue weighted by Gasteiger charge is 2.09. The molecule has 1 heterocycles. The summed E-state index contributed by atoms with van der Waals surface area (Å²) in [5, 5.41) is 18.0. The zero-order chi connectivity index (χ0) is 14.3. The summed E-state index contributed by atoms with van der Waals surface area (Å²) in [7, 11) is 0. The molecule has 19 heavy (non-hydrogen) atoms. The SMILES string of the molecule is CCCNC(=O)CNc1cnn(CCO)c(=O)c1Cl. The molecule has 0 unspecified atom stereocenters.